The Morgan fingerprint density at radius 1 is 1.48 bits per heavy atom. The number of nitrogens with one attached hydrogen (secondary N) is 1. The van der Waals surface area contributed by atoms with Crippen molar-refractivity contribution < 1.29 is 14.3 Å². The SMILES string of the molecule is CCCCOC(=O)CSC1=C(C#N)[C@H](c2ccccc2Cl)CC(=O)N1. The first kappa shape index (κ1) is 19.4. The zero-order valence-corrected chi connectivity index (χ0v) is 15.5. The van der Waals surface area contributed by atoms with E-state index in [1.807, 2.05) is 19.1 Å². The second-order valence-electron chi connectivity index (χ2n) is 5.54. The van der Waals surface area contributed by atoms with Gasteiger partial charge in [-0.1, -0.05) is 54.9 Å². The molecule has 0 aromatic heterocycles. The van der Waals surface area contributed by atoms with Crippen LogP contribution in [0.15, 0.2) is 34.9 Å². The minimum Gasteiger partial charge on any atom is -0.465 e. The summed E-state index contributed by atoms with van der Waals surface area (Å²) in [6.07, 6.45) is 1.91. The number of thioether (sulfide) groups is 1. The first-order chi connectivity index (χ1) is 12.1. The molecule has 0 aliphatic carbocycles. The Bertz CT molecular complexity index is 727. The first-order valence-corrected chi connectivity index (χ1v) is 9.40. The van der Waals surface area contributed by atoms with Gasteiger partial charge in [-0.25, -0.2) is 0 Å². The average Bonchev–Trinajstić information content (AvgIpc) is 2.60. The molecule has 0 spiro atoms. The van der Waals surface area contributed by atoms with Crippen LogP contribution in [0.3, 0.4) is 0 Å². The number of rotatable bonds is 7. The van der Waals surface area contributed by atoms with Crippen LogP contribution < -0.4 is 5.32 Å². The van der Waals surface area contributed by atoms with Crippen LogP contribution in [0.1, 0.15) is 37.7 Å². The van der Waals surface area contributed by atoms with Gasteiger partial charge in [0.25, 0.3) is 0 Å². The molecule has 1 aromatic carbocycles. The van der Waals surface area contributed by atoms with Gasteiger partial charge in [0.05, 0.1) is 29.0 Å². The van der Waals surface area contributed by atoms with E-state index in [1.165, 1.54) is 0 Å². The summed E-state index contributed by atoms with van der Waals surface area (Å²) in [6, 6.07) is 9.32. The van der Waals surface area contributed by atoms with Crippen molar-refractivity contribution in [3.05, 3.63) is 45.5 Å². The van der Waals surface area contributed by atoms with E-state index in [-0.39, 0.29) is 24.1 Å². The maximum atomic E-state index is 12.1. The van der Waals surface area contributed by atoms with E-state index in [0.29, 0.717) is 22.2 Å². The maximum Gasteiger partial charge on any atom is 0.316 e. The van der Waals surface area contributed by atoms with Crippen LogP contribution in [0.2, 0.25) is 5.02 Å². The summed E-state index contributed by atoms with van der Waals surface area (Å²) in [7, 11) is 0. The molecule has 7 heteroatoms. The van der Waals surface area contributed by atoms with E-state index in [9.17, 15) is 14.9 Å². The molecule has 0 saturated carbocycles. The third-order valence-electron chi connectivity index (χ3n) is 3.73. The number of allylic oxidation sites excluding steroid dienone is 1. The maximum absolute atomic E-state index is 12.1. The molecule has 1 N–H and O–H groups in total. The lowest BCUT2D eigenvalue weighted by atomic mass is 9.87. The van der Waals surface area contributed by atoms with Crippen molar-refractivity contribution in [1.29, 1.82) is 5.26 Å². The number of esters is 1. The fourth-order valence-corrected chi connectivity index (χ4v) is 3.60. The predicted molar refractivity (Wildman–Crippen MR) is 97.9 cm³/mol. The monoisotopic (exact) mass is 378 g/mol. The number of unbranched alkanes of at least 4 members (excludes halogenated alkanes) is 1. The zero-order chi connectivity index (χ0) is 18.2. The second-order valence-corrected chi connectivity index (χ2v) is 6.94. The molecule has 1 atom stereocenters. The standard InChI is InChI=1S/C18H19ClN2O3S/c1-2-3-8-24-17(23)11-25-18-14(10-20)13(9-16(22)21-18)12-6-4-5-7-15(12)19/h4-7,13H,2-3,8-9,11H2,1H3,(H,21,22)/t13-/m0/s1. The van der Waals surface area contributed by atoms with E-state index in [1.54, 1.807) is 12.1 Å². The first-order valence-electron chi connectivity index (χ1n) is 8.03. The summed E-state index contributed by atoms with van der Waals surface area (Å²) < 4.78 is 5.10. The molecule has 2 rings (SSSR count). The smallest absolute Gasteiger partial charge is 0.316 e. The van der Waals surface area contributed by atoms with Gasteiger partial charge in [0.2, 0.25) is 5.91 Å². The van der Waals surface area contributed by atoms with Crippen LogP contribution in [0.25, 0.3) is 0 Å². The highest BCUT2D eigenvalue weighted by Gasteiger charge is 2.31. The summed E-state index contributed by atoms with van der Waals surface area (Å²) in [5.41, 5.74) is 1.15. The highest BCUT2D eigenvalue weighted by Crippen LogP contribution is 2.38. The normalized spacial score (nSPS) is 17.0. The predicted octanol–water partition coefficient (Wildman–Crippen LogP) is 3.76. The molecule has 0 radical (unpaired) electrons. The van der Waals surface area contributed by atoms with Gasteiger partial charge in [-0.2, -0.15) is 5.26 Å². The van der Waals surface area contributed by atoms with E-state index >= 15 is 0 Å². The Hall–Kier alpha value is -1.97. The Kier molecular flexibility index (Phi) is 7.35. The molecule has 1 amide bonds. The number of carbonyl (C=O) groups is 2. The summed E-state index contributed by atoms with van der Waals surface area (Å²) in [4.78, 5) is 23.8. The molecule has 1 aliphatic heterocycles. The van der Waals surface area contributed by atoms with E-state index < -0.39 is 5.92 Å². The Balaban J connectivity index is 2.16. The number of nitriles is 1. The Morgan fingerprint density at radius 3 is 2.92 bits per heavy atom. The number of carbonyl (C=O) groups excluding carboxylic acids is 2. The molecule has 0 saturated heterocycles. The number of nitrogens with zero attached hydrogens (tertiary/aromatic N) is 1. The average molecular weight is 379 g/mol. The highest BCUT2D eigenvalue weighted by molar-refractivity contribution is 8.03. The molecule has 5 nitrogen and oxygen atoms in total. The Morgan fingerprint density at radius 2 is 2.24 bits per heavy atom. The largest absolute Gasteiger partial charge is 0.465 e. The minimum absolute atomic E-state index is 0.0414. The lowest BCUT2D eigenvalue weighted by molar-refractivity contribution is -0.140. The topological polar surface area (TPSA) is 79.2 Å². The van der Waals surface area contributed by atoms with Gasteiger partial charge < -0.3 is 10.1 Å². The van der Waals surface area contributed by atoms with Crippen molar-refractivity contribution in [2.45, 2.75) is 32.1 Å². The fourth-order valence-electron chi connectivity index (χ4n) is 2.46. The molecule has 132 valence electrons. The lowest BCUT2D eigenvalue weighted by Gasteiger charge is -2.25. The van der Waals surface area contributed by atoms with Crippen molar-refractivity contribution in [3.63, 3.8) is 0 Å². The third-order valence-corrected chi connectivity index (χ3v) is 5.07. The molecule has 0 bridgehead atoms. The quantitative estimate of drug-likeness (QED) is 0.577. The van der Waals surface area contributed by atoms with Gasteiger partial charge >= 0.3 is 5.97 Å². The molecule has 1 aliphatic rings. The van der Waals surface area contributed by atoms with Crippen molar-refractivity contribution in [3.8, 4) is 6.07 Å². The molecule has 25 heavy (non-hydrogen) atoms. The van der Waals surface area contributed by atoms with Gasteiger partial charge in [-0.05, 0) is 18.1 Å². The van der Waals surface area contributed by atoms with Gasteiger partial charge in [-0.15, -0.1) is 0 Å². The number of ether oxygens (including phenoxy) is 1. The summed E-state index contributed by atoms with van der Waals surface area (Å²) in [5.74, 6) is -0.936. The minimum atomic E-state index is -0.411. The summed E-state index contributed by atoms with van der Waals surface area (Å²) in [5, 5.41) is 13.2. The van der Waals surface area contributed by atoms with Gasteiger partial charge in [0, 0.05) is 17.4 Å². The van der Waals surface area contributed by atoms with Crippen LogP contribution >= 0.6 is 23.4 Å². The lowest BCUT2D eigenvalue weighted by Crippen LogP contribution is -2.31. The van der Waals surface area contributed by atoms with Crippen LogP contribution in [-0.4, -0.2) is 24.2 Å². The van der Waals surface area contributed by atoms with Crippen molar-refractivity contribution in [1.82, 2.24) is 5.32 Å². The van der Waals surface area contributed by atoms with Crippen molar-refractivity contribution >= 4 is 35.2 Å². The van der Waals surface area contributed by atoms with E-state index in [2.05, 4.69) is 11.4 Å². The third kappa shape index (κ3) is 5.25. The van der Waals surface area contributed by atoms with Crippen LogP contribution in [-0.2, 0) is 14.3 Å². The molecule has 0 unspecified atom stereocenters. The molecular weight excluding hydrogens is 360 g/mol. The van der Waals surface area contributed by atoms with Gasteiger partial charge in [0.15, 0.2) is 0 Å². The zero-order valence-electron chi connectivity index (χ0n) is 13.9. The number of benzene rings is 1. The van der Waals surface area contributed by atoms with Crippen molar-refractivity contribution in [2.24, 2.45) is 0 Å². The molecular formula is C18H19ClN2O3S. The Labute approximate surface area is 156 Å². The van der Waals surface area contributed by atoms with Crippen LogP contribution in [0.5, 0.6) is 0 Å². The highest BCUT2D eigenvalue weighted by atomic mass is 35.5. The van der Waals surface area contributed by atoms with Crippen LogP contribution in [0.4, 0.5) is 0 Å². The molecule has 0 fully saturated rings. The number of halogens is 1. The summed E-state index contributed by atoms with van der Waals surface area (Å²) in [6.45, 7) is 2.40. The van der Waals surface area contributed by atoms with Crippen molar-refractivity contribution in [2.75, 3.05) is 12.4 Å². The molecule has 1 heterocycles. The second kappa shape index (κ2) is 9.50. The number of hydrogen-bond donors (Lipinski definition) is 1. The molecule has 1 aromatic rings. The summed E-state index contributed by atoms with van der Waals surface area (Å²) >= 11 is 7.34. The van der Waals surface area contributed by atoms with E-state index in [0.717, 1.165) is 30.2 Å². The number of amides is 1. The number of hydrogen-bond acceptors (Lipinski definition) is 5. The van der Waals surface area contributed by atoms with E-state index in [4.69, 9.17) is 16.3 Å². The van der Waals surface area contributed by atoms with Gasteiger partial charge in [-0.3, -0.25) is 9.59 Å². The fraction of sp³-hybridized carbons (Fsp3) is 0.389. The van der Waals surface area contributed by atoms with Crippen LogP contribution in [0, 0.1) is 11.3 Å². The van der Waals surface area contributed by atoms with Gasteiger partial charge in [0.1, 0.15) is 0 Å².